The van der Waals surface area contributed by atoms with Gasteiger partial charge in [-0.2, -0.15) is 29.9 Å². The molecule has 2 N–H and O–H groups in total. The number of anilines is 4. The van der Waals surface area contributed by atoms with E-state index in [1.54, 1.807) is 19.7 Å². The van der Waals surface area contributed by atoms with Crippen LogP contribution in [0.25, 0.3) is 0 Å². The first-order valence-corrected chi connectivity index (χ1v) is 18.6. The minimum atomic E-state index is 0.635. The van der Waals surface area contributed by atoms with Crippen molar-refractivity contribution in [3.63, 3.8) is 0 Å². The summed E-state index contributed by atoms with van der Waals surface area (Å²) >= 11 is 0. The van der Waals surface area contributed by atoms with Gasteiger partial charge in [0.25, 0.3) is 0 Å². The Morgan fingerprint density at radius 2 is 0.868 bits per heavy atom. The lowest BCUT2D eigenvalue weighted by Crippen LogP contribution is -2.27. The molecule has 0 aromatic carbocycles. The van der Waals surface area contributed by atoms with Crippen LogP contribution in [0.3, 0.4) is 0 Å². The Balaban J connectivity index is 2.12. The van der Waals surface area contributed by atoms with Crippen LogP contribution in [0.4, 0.5) is 23.8 Å². The number of hydrogen-bond acceptors (Lipinski definition) is 14. The number of aromatic nitrogens is 6. The van der Waals surface area contributed by atoms with Crippen molar-refractivity contribution < 1.29 is 0 Å². The maximum Gasteiger partial charge on any atom is 0.231 e. The molecule has 0 saturated carbocycles. The zero-order valence-electron chi connectivity index (χ0n) is 23.7. The maximum absolute atomic E-state index is 4.78. The molecule has 2 aromatic rings. The smallest absolute Gasteiger partial charge is 0.231 e. The lowest BCUT2D eigenvalue weighted by molar-refractivity contribution is 0.706. The molecule has 0 amide bonds. The molecule has 0 saturated heterocycles. The normalized spacial score (nSPS) is 11.0. The molecule has 0 bridgehead atoms. The van der Waals surface area contributed by atoms with E-state index in [1.165, 1.54) is 21.6 Å². The molecule has 0 radical (unpaired) electrons. The highest BCUT2D eigenvalue weighted by Gasteiger charge is 2.16. The van der Waals surface area contributed by atoms with Gasteiger partial charge < -0.3 is 20.4 Å². The van der Waals surface area contributed by atoms with Crippen molar-refractivity contribution in [1.29, 1.82) is 0 Å². The van der Waals surface area contributed by atoms with E-state index in [4.69, 9.17) is 19.9 Å². The first-order valence-electron chi connectivity index (χ1n) is 13.8. The van der Waals surface area contributed by atoms with Crippen LogP contribution in [-0.2, 0) is 0 Å². The van der Waals surface area contributed by atoms with Crippen molar-refractivity contribution in [2.75, 3.05) is 59.7 Å². The Labute approximate surface area is 244 Å². The van der Waals surface area contributed by atoms with Crippen LogP contribution in [0.15, 0.2) is 10.3 Å². The summed E-state index contributed by atoms with van der Waals surface area (Å²) in [6, 6.07) is 0. The van der Waals surface area contributed by atoms with E-state index >= 15 is 0 Å². The van der Waals surface area contributed by atoms with Gasteiger partial charge in [-0.25, -0.2) is 0 Å². The van der Waals surface area contributed by atoms with Crippen molar-refractivity contribution in [2.24, 2.45) is 0 Å². The molecule has 10 nitrogen and oxygen atoms in total. The summed E-state index contributed by atoms with van der Waals surface area (Å²) in [5, 5.41) is 8.05. The van der Waals surface area contributed by atoms with Crippen molar-refractivity contribution in [2.45, 2.75) is 90.4 Å². The van der Waals surface area contributed by atoms with Gasteiger partial charge in [-0.3, -0.25) is 0 Å². The van der Waals surface area contributed by atoms with E-state index in [9.17, 15) is 0 Å². The summed E-state index contributed by atoms with van der Waals surface area (Å²) in [5.41, 5.74) is 0. The fourth-order valence-corrected chi connectivity index (χ4v) is 8.21. The molecule has 2 rings (SSSR count). The fourth-order valence-electron chi connectivity index (χ4n) is 3.47. The van der Waals surface area contributed by atoms with Crippen LogP contribution in [0, 0.1) is 0 Å². The van der Waals surface area contributed by atoms with E-state index < -0.39 is 0 Å². The van der Waals surface area contributed by atoms with E-state index in [1.807, 2.05) is 0 Å². The molecule has 2 aromatic heterocycles. The summed E-state index contributed by atoms with van der Waals surface area (Å²) in [6.07, 6.45) is 6.20. The minimum Gasteiger partial charge on any atom is -0.354 e. The van der Waals surface area contributed by atoms with E-state index in [-0.39, 0.29) is 0 Å². The average Bonchev–Trinajstić information content (AvgIpc) is 2.92. The number of hydrogen-bond donors (Lipinski definition) is 2. The highest BCUT2D eigenvalue weighted by atomic mass is 33.7. The molecular formula is C24H44N10S4. The Morgan fingerprint density at radius 3 is 1.18 bits per heavy atom. The third kappa shape index (κ3) is 11.8. The van der Waals surface area contributed by atoms with Gasteiger partial charge in [0.15, 0.2) is 0 Å². The maximum atomic E-state index is 4.78. The first kappa shape index (κ1) is 32.8. The Bertz CT molecular complexity index is 838. The summed E-state index contributed by atoms with van der Waals surface area (Å²) in [5.74, 6) is 2.75. The SMILES string of the molecule is CCCNc1nc(SSSSc2nc(NCCC)nc(N(CCC)CCC)n2)nc(N(CCC)CCC)n1. The highest BCUT2D eigenvalue weighted by molar-refractivity contribution is 9.26. The van der Waals surface area contributed by atoms with Crippen molar-refractivity contribution >= 4 is 65.0 Å². The topological polar surface area (TPSA) is 108 Å². The molecule has 0 fully saturated rings. The van der Waals surface area contributed by atoms with Gasteiger partial charge in [0, 0.05) is 39.3 Å². The molecule has 0 aliphatic heterocycles. The summed E-state index contributed by atoms with van der Waals surface area (Å²) in [7, 11) is 6.27. The van der Waals surface area contributed by atoms with E-state index in [0.29, 0.717) is 22.2 Å². The molecule has 0 aliphatic carbocycles. The van der Waals surface area contributed by atoms with Crippen molar-refractivity contribution in [3.05, 3.63) is 0 Å². The van der Waals surface area contributed by atoms with Crippen LogP contribution in [0.5, 0.6) is 0 Å². The standard InChI is InChI=1S/C24H44N10S4/c1-7-13-25-19-27-21(33(15-9-3)16-10-4)31-23(29-19)35-37-38-36-24-30-20(26-14-8-2)28-22(32-24)34(17-11-5)18-12-6/h7-18H2,1-6H3,(H,25,27,29,31)(H,26,28,30,32). The highest BCUT2D eigenvalue weighted by Crippen LogP contribution is 2.48. The van der Waals surface area contributed by atoms with Gasteiger partial charge in [-0.1, -0.05) is 41.5 Å². The van der Waals surface area contributed by atoms with Crippen LogP contribution < -0.4 is 20.4 Å². The van der Waals surface area contributed by atoms with E-state index in [2.05, 4.69) is 71.9 Å². The van der Waals surface area contributed by atoms with Gasteiger partial charge in [0.1, 0.15) is 0 Å². The second-order valence-corrected chi connectivity index (χ2v) is 14.2. The molecule has 0 aliphatic rings. The number of nitrogens with zero attached hydrogens (tertiary/aromatic N) is 8. The molecule has 0 spiro atoms. The summed E-state index contributed by atoms with van der Waals surface area (Å²) < 4.78 is 0. The lowest BCUT2D eigenvalue weighted by atomic mass is 10.4. The van der Waals surface area contributed by atoms with Gasteiger partial charge >= 0.3 is 0 Å². The molecule has 0 unspecified atom stereocenters. The summed E-state index contributed by atoms with van der Waals surface area (Å²) in [6.45, 7) is 18.4. The summed E-state index contributed by atoms with van der Waals surface area (Å²) in [4.78, 5) is 32.7. The van der Waals surface area contributed by atoms with Crippen LogP contribution in [-0.4, -0.2) is 69.2 Å². The van der Waals surface area contributed by atoms with Crippen LogP contribution >= 0.6 is 41.2 Å². The zero-order valence-corrected chi connectivity index (χ0v) is 27.0. The lowest BCUT2D eigenvalue weighted by Gasteiger charge is -2.22. The predicted octanol–water partition coefficient (Wildman–Crippen LogP) is 7.05. The Morgan fingerprint density at radius 1 is 0.500 bits per heavy atom. The number of rotatable bonds is 21. The van der Waals surface area contributed by atoms with E-state index in [0.717, 1.165) is 89.7 Å². The second-order valence-electron chi connectivity index (χ2n) is 8.61. The molecular weight excluding hydrogens is 557 g/mol. The Hall–Kier alpha value is -1.38. The van der Waals surface area contributed by atoms with Crippen molar-refractivity contribution in [3.8, 4) is 0 Å². The predicted molar refractivity (Wildman–Crippen MR) is 170 cm³/mol. The molecule has 2 heterocycles. The largest absolute Gasteiger partial charge is 0.354 e. The monoisotopic (exact) mass is 600 g/mol. The first-order chi connectivity index (χ1) is 18.6. The van der Waals surface area contributed by atoms with Gasteiger partial charge in [0.05, 0.1) is 0 Å². The average molecular weight is 601 g/mol. The molecule has 38 heavy (non-hydrogen) atoms. The Kier molecular flexibility index (Phi) is 17.0. The third-order valence-corrected chi connectivity index (χ3v) is 10.6. The minimum absolute atomic E-state index is 0.635. The van der Waals surface area contributed by atoms with Gasteiger partial charge in [0.2, 0.25) is 34.1 Å². The second kappa shape index (κ2) is 19.6. The number of nitrogens with one attached hydrogen (secondary N) is 2. The molecule has 0 atom stereocenters. The van der Waals surface area contributed by atoms with Gasteiger partial charge in [-0.15, -0.1) is 0 Å². The van der Waals surface area contributed by atoms with Crippen molar-refractivity contribution in [1.82, 2.24) is 29.9 Å². The van der Waals surface area contributed by atoms with Crippen LogP contribution in [0.2, 0.25) is 0 Å². The van der Waals surface area contributed by atoms with Crippen LogP contribution in [0.1, 0.15) is 80.1 Å². The van der Waals surface area contributed by atoms with Gasteiger partial charge in [-0.05, 0) is 79.8 Å². The third-order valence-electron chi connectivity index (χ3n) is 5.06. The quantitative estimate of drug-likeness (QED) is 0.113. The molecule has 14 heteroatoms. The zero-order chi connectivity index (χ0) is 27.6. The fraction of sp³-hybridized carbons (Fsp3) is 0.750. The molecule has 214 valence electrons.